The van der Waals surface area contributed by atoms with Crippen LogP contribution in [0.25, 0.3) is 0 Å². The van der Waals surface area contributed by atoms with Crippen LogP contribution in [0, 0.1) is 0 Å². The molecule has 0 saturated carbocycles. The minimum Gasteiger partial charge on any atom is -0.362 e. The first-order valence-corrected chi connectivity index (χ1v) is 8.76. The highest BCUT2D eigenvalue weighted by Crippen LogP contribution is 2.38. The highest BCUT2D eigenvalue weighted by Gasteiger charge is 2.28. The van der Waals surface area contributed by atoms with Gasteiger partial charge in [-0.25, -0.2) is 4.99 Å². The average molecular weight is 408 g/mol. The van der Waals surface area contributed by atoms with Gasteiger partial charge in [0.1, 0.15) is 5.84 Å². The summed E-state index contributed by atoms with van der Waals surface area (Å²) in [4.78, 5) is 10.6. The number of rotatable bonds is 4. The van der Waals surface area contributed by atoms with Crippen LogP contribution in [0.3, 0.4) is 0 Å². The molecule has 0 radical (unpaired) electrons. The summed E-state index contributed by atoms with van der Waals surface area (Å²) in [5, 5.41) is 0.413. The predicted octanol–water partition coefficient (Wildman–Crippen LogP) is 5.68. The molecular formula is C16H14Cl2F3N3S. The molecule has 2 rings (SSSR count). The molecule has 0 saturated heterocycles. The molecule has 0 bridgehead atoms. The molecule has 0 N–H and O–H groups in total. The van der Waals surface area contributed by atoms with Gasteiger partial charge in [0.05, 0.1) is 21.5 Å². The molecular weight excluding hydrogens is 394 g/mol. The number of hydrogen-bond acceptors (Lipinski definition) is 3. The van der Waals surface area contributed by atoms with E-state index >= 15 is 0 Å². The maximum absolute atomic E-state index is 12.5. The van der Waals surface area contributed by atoms with Crippen molar-refractivity contribution in [3.63, 3.8) is 0 Å². The second-order valence-electron chi connectivity index (χ2n) is 5.21. The lowest BCUT2D eigenvalue weighted by Crippen LogP contribution is -2.22. The molecule has 0 aliphatic heterocycles. The summed E-state index contributed by atoms with van der Waals surface area (Å²) in [6.07, 6.45) is -1.01. The Morgan fingerprint density at radius 3 is 2.52 bits per heavy atom. The summed E-state index contributed by atoms with van der Waals surface area (Å²) in [5.74, 6) is -0.468. The Hall–Kier alpha value is -1.44. The van der Waals surface area contributed by atoms with Crippen molar-refractivity contribution >= 4 is 46.5 Å². The topological polar surface area (TPSA) is 28.5 Å². The molecule has 1 aromatic carbocycles. The molecule has 1 aromatic heterocycles. The number of nitrogens with zero attached hydrogens (tertiary/aromatic N) is 3. The summed E-state index contributed by atoms with van der Waals surface area (Å²) in [7, 11) is 3.60. The fourth-order valence-corrected chi connectivity index (χ4v) is 3.21. The number of alkyl halides is 3. The monoisotopic (exact) mass is 407 g/mol. The first-order valence-electron chi connectivity index (χ1n) is 7.02. The van der Waals surface area contributed by atoms with E-state index in [1.165, 1.54) is 12.1 Å². The fraction of sp³-hybridized carbons (Fsp3) is 0.250. The Bertz CT molecular complexity index is 765. The van der Waals surface area contributed by atoms with Gasteiger partial charge in [-0.2, -0.15) is 13.2 Å². The standard InChI is InChI=1S/C16H14Cl2F3N3S/c1-24(2)15(10-4-3-5-22-8-10)23-13-7-14(12(18)6-11(13)17)25-9-16(19,20)21/h3-8H,9H2,1-2H3. The molecule has 0 unspecified atom stereocenters. The van der Waals surface area contributed by atoms with Crippen LogP contribution in [0.1, 0.15) is 5.56 Å². The van der Waals surface area contributed by atoms with Gasteiger partial charge in [0.15, 0.2) is 0 Å². The van der Waals surface area contributed by atoms with Crippen LogP contribution in [-0.2, 0) is 0 Å². The van der Waals surface area contributed by atoms with E-state index in [1.807, 2.05) is 6.07 Å². The summed E-state index contributed by atoms with van der Waals surface area (Å²) in [5.41, 5.74) is 1.09. The number of thioether (sulfide) groups is 1. The summed E-state index contributed by atoms with van der Waals surface area (Å²) < 4.78 is 37.4. The van der Waals surface area contributed by atoms with Gasteiger partial charge >= 0.3 is 6.18 Å². The number of hydrogen-bond donors (Lipinski definition) is 0. The van der Waals surface area contributed by atoms with Crippen molar-refractivity contribution in [1.29, 1.82) is 0 Å². The van der Waals surface area contributed by atoms with Crippen molar-refractivity contribution in [2.45, 2.75) is 11.1 Å². The van der Waals surface area contributed by atoms with Gasteiger partial charge in [-0.05, 0) is 24.3 Å². The Morgan fingerprint density at radius 1 is 1.24 bits per heavy atom. The van der Waals surface area contributed by atoms with Gasteiger partial charge in [-0.1, -0.05) is 23.2 Å². The van der Waals surface area contributed by atoms with Crippen LogP contribution in [0.15, 0.2) is 46.5 Å². The summed E-state index contributed by atoms with van der Waals surface area (Å²) >= 11 is 12.8. The molecule has 0 fully saturated rings. The lowest BCUT2D eigenvalue weighted by Gasteiger charge is -2.16. The van der Waals surface area contributed by atoms with Crippen LogP contribution in [0.4, 0.5) is 18.9 Å². The predicted molar refractivity (Wildman–Crippen MR) is 97.4 cm³/mol. The fourth-order valence-electron chi connectivity index (χ4n) is 1.91. The average Bonchev–Trinajstić information content (AvgIpc) is 2.52. The van der Waals surface area contributed by atoms with Crippen molar-refractivity contribution in [3.05, 3.63) is 52.3 Å². The van der Waals surface area contributed by atoms with E-state index in [4.69, 9.17) is 23.2 Å². The number of pyridine rings is 1. The van der Waals surface area contributed by atoms with Crippen molar-refractivity contribution in [3.8, 4) is 0 Å². The first kappa shape index (κ1) is 19.9. The molecule has 3 nitrogen and oxygen atoms in total. The molecule has 134 valence electrons. The van der Waals surface area contributed by atoms with Gasteiger partial charge in [-0.3, -0.25) is 4.98 Å². The Balaban J connectivity index is 2.43. The number of amidine groups is 1. The van der Waals surface area contributed by atoms with Crippen LogP contribution in [-0.4, -0.2) is 41.7 Å². The zero-order valence-electron chi connectivity index (χ0n) is 13.3. The van der Waals surface area contributed by atoms with E-state index in [2.05, 4.69) is 9.98 Å². The van der Waals surface area contributed by atoms with Gasteiger partial charge < -0.3 is 4.90 Å². The molecule has 25 heavy (non-hydrogen) atoms. The third kappa shape index (κ3) is 5.80. The highest BCUT2D eigenvalue weighted by molar-refractivity contribution is 7.99. The smallest absolute Gasteiger partial charge is 0.362 e. The first-order chi connectivity index (χ1) is 11.7. The summed E-state index contributed by atoms with van der Waals surface area (Å²) in [6.45, 7) is 0. The van der Waals surface area contributed by atoms with E-state index in [0.717, 1.165) is 5.56 Å². The van der Waals surface area contributed by atoms with Gasteiger partial charge in [-0.15, -0.1) is 11.8 Å². The lowest BCUT2D eigenvalue weighted by atomic mass is 10.2. The number of aliphatic imine (C=N–C) groups is 1. The third-order valence-electron chi connectivity index (χ3n) is 2.96. The van der Waals surface area contributed by atoms with E-state index in [1.54, 1.807) is 37.5 Å². The van der Waals surface area contributed by atoms with Crippen LogP contribution >= 0.6 is 35.0 Å². The highest BCUT2D eigenvalue weighted by atomic mass is 35.5. The second kappa shape index (κ2) is 8.29. The minimum absolute atomic E-state index is 0.158. The Morgan fingerprint density at radius 2 is 1.96 bits per heavy atom. The van der Waals surface area contributed by atoms with Gasteiger partial charge in [0.2, 0.25) is 0 Å². The van der Waals surface area contributed by atoms with Crippen LogP contribution in [0.2, 0.25) is 10.0 Å². The van der Waals surface area contributed by atoms with Gasteiger partial charge in [0, 0.05) is 36.9 Å². The Labute approximate surface area is 157 Å². The number of aromatic nitrogens is 1. The summed E-state index contributed by atoms with van der Waals surface area (Å²) in [6, 6.07) is 6.45. The lowest BCUT2D eigenvalue weighted by molar-refractivity contribution is -0.105. The van der Waals surface area contributed by atoms with E-state index < -0.39 is 11.9 Å². The second-order valence-corrected chi connectivity index (χ2v) is 7.04. The zero-order chi connectivity index (χ0) is 18.6. The molecule has 2 aromatic rings. The normalized spacial score (nSPS) is 12.4. The van der Waals surface area contributed by atoms with Crippen LogP contribution < -0.4 is 0 Å². The molecule has 0 aliphatic carbocycles. The molecule has 1 heterocycles. The SMILES string of the molecule is CN(C)C(=Nc1cc(SCC(F)(F)F)c(Cl)cc1Cl)c1cccnc1. The molecule has 0 spiro atoms. The molecule has 0 aliphatic rings. The van der Waals surface area contributed by atoms with Gasteiger partial charge in [0.25, 0.3) is 0 Å². The molecule has 0 amide bonds. The minimum atomic E-state index is -4.29. The number of benzene rings is 1. The Kier molecular flexibility index (Phi) is 6.59. The van der Waals surface area contributed by atoms with Crippen molar-refractivity contribution in [2.24, 2.45) is 4.99 Å². The third-order valence-corrected chi connectivity index (χ3v) is 4.81. The largest absolute Gasteiger partial charge is 0.398 e. The maximum Gasteiger partial charge on any atom is 0.398 e. The maximum atomic E-state index is 12.5. The molecule has 0 atom stereocenters. The van der Waals surface area contributed by atoms with Crippen molar-refractivity contribution in [2.75, 3.05) is 19.8 Å². The van der Waals surface area contributed by atoms with E-state index in [9.17, 15) is 13.2 Å². The zero-order valence-corrected chi connectivity index (χ0v) is 15.6. The van der Waals surface area contributed by atoms with E-state index in [0.29, 0.717) is 23.3 Å². The van der Waals surface area contributed by atoms with E-state index in [-0.39, 0.29) is 14.9 Å². The molecule has 9 heteroatoms. The van der Waals surface area contributed by atoms with Crippen molar-refractivity contribution < 1.29 is 13.2 Å². The van der Waals surface area contributed by atoms with Crippen LogP contribution in [0.5, 0.6) is 0 Å². The number of halogens is 5. The quantitative estimate of drug-likeness (QED) is 0.370. The van der Waals surface area contributed by atoms with Crippen molar-refractivity contribution in [1.82, 2.24) is 9.88 Å².